The second kappa shape index (κ2) is 9.83. The Bertz CT molecular complexity index is 584. The Labute approximate surface area is 140 Å². The van der Waals surface area contributed by atoms with E-state index in [-0.39, 0.29) is 0 Å². The van der Waals surface area contributed by atoms with Gasteiger partial charge in [-0.2, -0.15) is 0 Å². The van der Waals surface area contributed by atoms with Crippen LogP contribution in [0.3, 0.4) is 0 Å². The highest BCUT2D eigenvalue weighted by atomic mass is 16.5. The van der Waals surface area contributed by atoms with Crippen molar-refractivity contribution < 1.29 is 4.74 Å². The molecule has 2 heteroatoms. The fraction of sp³-hybridized carbons (Fsp3) is 0.381. The molecule has 2 aromatic carbocycles. The molecule has 0 aliphatic heterocycles. The van der Waals surface area contributed by atoms with Crippen LogP contribution in [0.2, 0.25) is 0 Å². The lowest BCUT2D eigenvalue weighted by atomic mass is 10.1. The maximum absolute atomic E-state index is 5.75. The molecule has 0 heterocycles. The van der Waals surface area contributed by atoms with Gasteiger partial charge in [0.15, 0.2) is 0 Å². The number of hydrogen-bond donors (Lipinski definition) is 0. The van der Waals surface area contributed by atoms with E-state index in [1.165, 1.54) is 24.8 Å². The highest BCUT2D eigenvalue weighted by Gasteiger charge is 1.95. The molecule has 2 aromatic rings. The van der Waals surface area contributed by atoms with Crippen LogP contribution >= 0.6 is 0 Å². The molecule has 2 rings (SSSR count). The Morgan fingerprint density at radius 3 is 2.26 bits per heavy atom. The van der Waals surface area contributed by atoms with Gasteiger partial charge in [-0.1, -0.05) is 45.2 Å². The Kier molecular flexibility index (Phi) is 7.38. The minimum Gasteiger partial charge on any atom is -0.494 e. The minimum absolute atomic E-state index is 0.803. The largest absolute Gasteiger partial charge is 0.494 e. The van der Waals surface area contributed by atoms with Crippen LogP contribution in [0.15, 0.2) is 53.5 Å². The molecule has 0 radical (unpaired) electrons. The number of hydrogen-bond acceptors (Lipinski definition) is 2. The zero-order chi connectivity index (χ0) is 16.3. The molecule has 0 aliphatic carbocycles. The molecule has 122 valence electrons. The molecule has 0 aromatic heterocycles. The fourth-order valence-corrected chi connectivity index (χ4v) is 2.34. The van der Waals surface area contributed by atoms with Crippen LogP contribution in [-0.4, -0.2) is 12.8 Å². The van der Waals surface area contributed by atoms with Crippen molar-refractivity contribution in [3.05, 3.63) is 59.7 Å². The number of aryl methyl sites for hydroxylation is 1. The third-order valence-corrected chi connectivity index (χ3v) is 3.85. The first-order valence-corrected chi connectivity index (χ1v) is 8.67. The molecule has 0 atom stereocenters. The molecule has 0 saturated heterocycles. The summed E-state index contributed by atoms with van der Waals surface area (Å²) in [5.41, 5.74) is 3.41. The van der Waals surface area contributed by atoms with E-state index in [2.05, 4.69) is 43.1 Å². The summed E-state index contributed by atoms with van der Waals surface area (Å²) in [4.78, 5) is 4.51. The maximum Gasteiger partial charge on any atom is 0.119 e. The molecule has 0 aliphatic rings. The molecule has 0 bridgehead atoms. The molecule has 0 saturated carbocycles. The van der Waals surface area contributed by atoms with Crippen LogP contribution in [0.5, 0.6) is 5.75 Å². The van der Waals surface area contributed by atoms with Crippen LogP contribution in [0.4, 0.5) is 5.69 Å². The molecular weight excluding hydrogens is 282 g/mol. The third-order valence-electron chi connectivity index (χ3n) is 3.85. The number of nitrogens with zero attached hydrogens (tertiary/aromatic N) is 1. The summed E-state index contributed by atoms with van der Waals surface area (Å²) in [5, 5.41) is 0. The first-order valence-electron chi connectivity index (χ1n) is 8.67. The van der Waals surface area contributed by atoms with Gasteiger partial charge in [0.2, 0.25) is 0 Å². The van der Waals surface area contributed by atoms with Crippen molar-refractivity contribution in [2.75, 3.05) is 6.61 Å². The standard InChI is InChI=1S/C21H27NO/c1-3-5-6-7-16-23-21-14-10-19(11-15-21)17-22-20-12-8-18(4-2)9-13-20/h8-15,17H,3-7,16H2,1-2H3. The van der Waals surface area contributed by atoms with Crippen molar-refractivity contribution in [1.82, 2.24) is 0 Å². The smallest absolute Gasteiger partial charge is 0.119 e. The Balaban J connectivity index is 1.82. The van der Waals surface area contributed by atoms with E-state index in [0.29, 0.717) is 0 Å². The highest BCUT2D eigenvalue weighted by molar-refractivity contribution is 5.82. The fourth-order valence-electron chi connectivity index (χ4n) is 2.34. The topological polar surface area (TPSA) is 21.6 Å². The minimum atomic E-state index is 0.803. The van der Waals surface area contributed by atoms with E-state index in [9.17, 15) is 0 Å². The summed E-state index contributed by atoms with van der Waals surface area (Å²) < 4.78 is 5.75. The first-order chi connectivity index (χ1) is 11.3. The Morgan fingerprint density at radius 2 is 1.61 bits per heavy atom. The second-order valence-corrected chi connectivity index (χ2v) is 5.76. The average molecular weight is 309 g/mol. The van der Waals surface area contributed by atoms with Gasteiger partial charge in [-0.15, -0.1) is 0 Å². The molecule has 0 N–H and O–H groups in total. The van der Waals surface area contributed by atoms with Crippen LogP contribution < -0.4 is 4.74 Å². The number of ether oxygens (including phenoxy) is 1. The van der Waals surface area contributed by atoms with E-state index < -0.39 is 0 Å². The first kappa shape index (κ1) is 17.3. The van der Waals surface area contributed by atoms with Crippen molar-refractivity contribution in [1.29, 1.82) is 0 Å². The Morgan fingerprint density at radius 1 is 0.870 bits per heavy atom. The van der Waals surface area contributed by atoms with Crippen molar-refractivity contribution >= 4 is 11.9 Å². The van der Waals surface area contributed by atoms with Crippen molar-refractivity contribution in [2.24, 2.45) is 4.99 Å². The van der Waals surface area contributed by atoms with Gasteiger partial charge in [-0.25, -0.2) is 0 Å². The lowest BCUT2D eigenvalue weighted by Crippen LogP contribution is -1.97. The second-order valence-electron chi connectivity index (χ2n) is 5.76. The SMILES string of the molecule is CCCCCCOc1ccc(C=Nc2ccc(CC)cc2)cc1. The van der Waals surface area contributed by atoms with E-state index >= 15 is 0 Å². The summed E-state index contributed by atoms with van der Waals surface area (Å²) in [6.07, 6.45) is 7.88. The predicted octanol–water partition coefficient (Wildman–Crippen LogP) is 5.96. The monoisotopic (exact) mass is 309 g/mol. The lowest BCUT2D eigenvalue weighted by molar-refractivity contribution is 0.305. The predicted molar refractivity (Wildman–Crippen MR) is 99.2 cm³/mol. The summed E-state index contributed by atoms with van der Waals surface area (Å²) in [7, 11) is 0. The van der Waals surface area contributed by atoms with Crippen LogP contribution in [0, 0.1) is 0 Å². The van der Waals surface area contributed by atoms with Crippen molar-refractivity contribution in [2.45, 2.75) is 46.0 Å². The van der Waals surface area contributed by atoms with E-state index in [0.717, 1.165) is 36.4 Å². The van der Waals surface area contributed by atoms with Gasteiger partial charge in [0.25, 0.3) is 0 Å². The van der Waals surface area contributed by atoms with Gasteiger partial charge in [-0.3, -0.25) is 4.99 Å². The summed E-state index contributed by atoms with van der Waals surface area (Å²) in [5.74, 6) is 0.936. The molecule has 0 unspecified atom stereocenters. The molecular formula is C21H27NO. The molecule has 0 fully saturated rings. The summed E-state index contributed by atoms with van der Waals surface area (Å²) in [6, 6.07) is 16.5. The Hall–Kier alpha value is -2.09. The van der Waals surface area contributed by atoms with E-state index in [4.69, 9.17) is 4.74 Å². The van der Waals surface area contributed by atoms with Crippen LogP contribution in [0.25, 0.3) is 0 Å². The van der Waals surface area contributed by atoms with Crippen molar-refractivity contribution in [3.63, 3.8) is 0 Å². The van der Waals surface area contributed by atoms with Crippen LogP contribution in [-0.2, 0) is 6.42 Å². The zero-order valence-electron chi connectivity index (χ0n) is 14.3. The van der Waals surface area contributed by atoms with Gasteiger partial charge in [0.1, 0.15) is 5.75 Å². The zero-order valence-corrected chi connectivity index (χ0v) is 14.3. The van der Waals surface area contributed by atoms with Crippen LogP contribution in [0.1, 0.15) is 50.7 Å². The lowest BCUT2D eigenvalue weighted by Gasteiger charge is -2.05. The normalized spacial score (nSPS) is 11.0. The molecule has 0 spiro atoms. The summed E-state index contributed by atoms with van der Waals surface area (Å²) >= 11 is 0. The molecule has 2 nitrogen and oxygen atoms in total. The van der Waals surface area contributed by atoms with Gasteiger partial charge in [0.05, 0.1) is 12.3 Å². The summed E-state index contributed by atoms with van der Waals surface area (Å²) in [6.45, 7) is 5.18. The van der Waals surface area contributed by atoms with Gasteiger partial charge in [-0.05, 0) is 60.4 Å². The van der Waals surface area contributed by atoms with E-state index in [1.807, 2.05) is 30.5 Å². The third kappa shape index (κ3) is 6.27. The highest BCUT2D eigenvalue weighted by Crippen LogP contribution is 2.15. The average Bonchev–Trinajstić information content (AvgIpc) is 2.61. The number of unbranched alkanes of at least 4 members (excludes halogenated alkanes) is 3. The number of rotatable bonds is 9. The van der Waals surface area contributed by atoms with Crippen molar-refractivity contribution in [3.8, 4) is 5.75 Å². The molecule has 23 heavy (non-hydrogen) atoms. The van der Waals surface area contributed by atoms with E-state index in [1.54, 1.807) is 0 Å². The van der Waals surface area contributed by atoms with Gasteiger partial charge >= 0.3 is 0 Å². The van der Waals surface area contributed by atoms with Gasteiger partial charge < -0.3 is 4.74 Å². The molecule has 0 amide bonds. The quantitative estimate of drug-likeness (QED) is 0.414. The van der Waals surface area contributed by atoms with Gasteiger partial charge in [0, 0.05) is 6.21 Å². The number of aliphatic imine (C=N–C) groups is 1. The number of benzene rings is 2. The maximum atomic E-state index is 5.75.